The summed E-state index contributed by atoms with van der Waals surface area (Å²) < 4.78 is 0. The zero-order chi connectivity index (χ0) is 11.9. The summed E-state index contributed by atoms with van der Waals surface area (Å²) in [5.41, 5.74) is 0.358. The third-order valence-electron chi connectivity index (χ3n) is 4.11. The number of unbranched alkanes of at least 4 members (excludes halogenated alkanes) is 2. The van der Waals surface area contributed by atoms with Gasteiger partial charge in [-0.05, 0) is 39.8 Å². The fourth-order valence-corrected chi connectivity index (χ4v) is 2.42. The molecular formula is C14H31N. The van der Waals surface area contributed by atoms with E-state index in [4.69, 9.17) is 0 Å². The van der Waals surface area contributed by atoms with Crippen LogP contribution in [0, 0.1) is 5.92 Å². The van der Waals surface area contributed by atoms with Gasteiger partial charge >= 0.3 is 0 Å². The molecule has 0 aliphatic carbocycles. The topological polar surface area (TPSA) is 3.24 Å². The molecule has 0 aliphatic rings. The van der Waals surface area contributed by atoms with Crippen molar-refractivity contribution in [1.82, 2.24) is 4.90 Å². The second-order valence-corrected chi connectivity index (χ2v) is 5.27. The summed E-state index contributed by atoms with van der Waals surface area (Å²) in [4.78, 5) is 2.49. The van der Waals surface area contributed by atoms with E-state index >= 15 is 0 Å². The molecule has 1 atom stereocenters. The summed E-state index contributed by atoms with van der Waals surface area (Å²) >= 11 is 0. The van der Waals surface area contributed by atoms with Gasteiger partial charge in [-0.1, -0.05) is 46.5 Å². The van der Waals surface area contributed by atoms with Gasteiger partial charge in [0.2, 0.25) is 0 Å². The molecule has 0 aliphatic heterocycles. The monoisotopic (exact) mass is 213 g/mol. The van der Waals surface area contributed by atoms with Gasteiger partial charge in [0.05, 0.1) is 0 Å². The first-order valence-corrected chi connectivity index (χ1v) is 6.71. The lowest BCUT2D eigenvalue weighted by Gasteiger charge is -2.41. The van der Waals surface area contributed by atoms with E-state index in [1.807, 2.05) is 0 Å². The van der Waals surface area contributed by atoms with Crippen LogP contribution in [0.3, 0.4) is 0 Å². The van der Waals surface area contributed by atoms with Crippen molar-refractivity contribution in [3.63, 3.8) is 0 Å². The molecule has 0 bridgehead atoms. The summed E-state index contributed by atoms with van der Waals surface area (Å²) in [6.07, 6.45) is 6.82. The number of nitrogens with zero attached hydrogens (tertiary/aromatic N) is 1. The maximum atomic E-state index is 2.49. The Morgan fingerprint density at radius 1 is 1.07 bits per heavy atom. The molecule has 1 heteroatoms. The molecule has 0 spiro atoms. The van der Waals surface area contributed by atoms with E-state index in [9.17, 15) is 0 Å². The third-order valence-corrected chi connectivity index (χ3v) is 4.11. The van der Waals surface area contributed by atoms with Crippen molar-refractivity contribution in [3.8, 4) is 0 Å². The van der Waals surface area contributed by atoms with Crippen molar-refractivity contribution < 1.29 is 0 Å². The molecule has 0 aromatic heterocycles. The Labute approximate surface area is 97.2 Å². The molecule has 0 aromatic carbocycles. The van der Waals surface area contributed by atoms with E-state index in [-0.39, 0.29) is 0 Å². The Morgan fingerprint density at radius 2 is 1.67 bits per heavy atom. The summed E-state index contributed by atoms with van der Waals surface area (Å²) in [5.74, 6) is 0.842. The van der Waals surface area contributed by atoms with E-state index in [1.165, 1.54) is 32.1 Å². The Balaban J connectivity index is 4.23. The normalized spacial score (nSPS) is 14.6. The van der Waals surface area contributed by atoms with Gasteiger partial charge in [0.25, 0.3) is 0 Å². The van der Waals surface area contributed by atoms with Crippen LogP contribution in [0.2, 0.25) is 0 Å². The largest absolute Gasteiger partial charge is 0.301 e. The molecular weight excluding hydrogens is 182 g/mol. The molecule has 0 radical (unpaired) electrons. The first-order valence-electron chi connectivity index (χ1n) is 6.71. The molecule has 0 aromatic rings. The average Bonchev–Trinajstić information content (AvgIpc) is 2.22. The Bertz CT molecular complexity index is 151. The lowest BCUT2D eigenvalue weighted by molar-refractivity contribution is 0.0844. The van der Waals surface area contributed by atoms with Gasteiger partial charge in [-0.3, -0.25) is 0 Å². The Kier molecular flexibility index (Phi) is 7.25. The second kappa shape index (κ2) is 7.27. The highest BCUT2D eigenvalue weighted by Crippen LogP contribution is 2.30. The number of rotatable bonds is 8. The number of hydrogen-bond acceptors (Lipinski definition) is 1. The SMILES string of the molecule is CCCCCC(CC)C(C)(C)N(C)CC. The summed E-state index contributed by atoms with van der Waals surface area (Å²) in [5, 5.41) is 0. The maximum absolute atomic E-state index is 2.49. The van der Waals surface area contributed by atoms with Crippen LogP contribution in [-0.2, 0) is 0 Å². The molecule has 0 saturated carbocycles. The van der Waals surface area contributed by atoms with Crippen molar-refractivity contribution in [2.45, 2.75) is 72.3 Å². The highest BCUT2D eigenvalue weighted by atomic mass is 15.2. The van der Waals surface area contributed by atoms with Crippen molar-refractivity contribution in [3.05, 3.63) is 0 Å². The van der Waals surface area contributed by atoms with Crippen molar-refractivity contribution in [1.29, 1.82) is 0 Å². The minimum Gasteiger partial charge on any atom is -0.301 e. The number of hydrogen-bond donors (Lipinski definition) is 0. The van der Waals surface area contributed by atoms with Gasteiger partial charge in [0.15, 0.2) is 0 Å². The van der Waals surface area contributed by atoms with Gasteiger partial charge < -0.3 is 4.90 Å². The molecule has 92 valence electrons. The van der Waals surface area contributed by atoms with Gasteiger partial charge in [-0.25, -0.2) is 0 Å². The zero-order valence-electron chi connectivity index (χ0n) is 11.8. The van der Waals surface area contributed by atoms with Crippen LogP contribution in [0.15, 0.2) is 0 Å². The molecule has 0 fully saturated rings. The van der Waals surface area contributed by atoms with Gasteiger partial charge in [0.1, 0.15) is 0 Å². The third kappa shape index (κ3) is 4.55. The predicted molar refractivity (Wildman–Crippen MR) is 70.3 cm³/mol. The minimum atomic E-state index is 0.358. The maximum Gasteiger partial charge on any atom is 0.0178 e. The van der Waals surface area contributed by atoms with Crippen LogP contribution in [0.5, 0.6) is 0 Å². The zero-order valence-corrected chi connectivity index (χ0v) is 11.8. The summed E-state index contributed by atoms with van der Waals surface area (Å²) in [7, 11) is 2.25. The molecule has 1 nitrogen and oxygen atoms in total. The molecule has 0 heterocycles. The van der Waals surface area contributed by atoms with Gasteiger partial charge in [-0.15, -0.1) is 0 Å². The first-order chi connectivity index (χ1) is 7.00. The van der Waals surface area contributed by atoms with Crippen LogP contribution in [0.4, 0.5) is 0 Å². The molecule has 0 amide bonds. The molecule has 0 rings (SSSR count). The predicted octanol–water partition coefficient (Wildman–Crippen LogP) is 4.32. The highest BCUT2D eigenvalue weighted by molar-refractivity contribution is 4.86. The first kappa shape index (κ1) is 15.0. The molecule has 0 N–H and O–H groups in total. The quantitative estimate of drug-likeness (QED) is 0.543. The lowest BCUT2D eigenvalue weighted by Crippen LogP contribution is -2.47. The van der Waals surface area contributed by atoms with Gasteiger partial charge in [0, 0.05) is 5.54 Å². The fraction of sp³-hybridized carbons (Fsp3) is 1.00. The molecule has 1 unspecified atom stereocenters. The van der Waals surface area contributed by atoms with Crippen molar-refractivity contribution >= 4 is 0 Å². The van der Waals surface area contributed by atoms with E-state index < -0.39 is 0 Å². The van der Waals surface area contributed by atoms with Crippen LogP contribution in [-0.4, -0.2) is 24.0 Å². The highest BCUT2D eigenvalue weighted by Gasteiger charge is 2.30. The average molecular weight is 213 g/mol. The molecule has 0 saturated heterocycles. The smallest absolute Gasteiger partial charge is 0.0178 e. The molecule has 15 heavy (non-hydrogen) atoms. The van der Waals surface area contributed by atoms with E-state index in [2.05, 4.69) is 46.6 Å². The van der Waals surface area contributed by atoms with E-state index in [0.29, 0.717) is 5.54 Å². The summed E-state index contributed by atoms with van der Waals surface area (Å²) in [6, 6.07) is 0. The Morgan fingerprint density at radius 3 is 2.07 bits per heavy atom. The van der Waals surface area contributed by atoms with E-state index in [1.54, 1.807) is 0 Å². The van der Waals surface area contributed by atoms with E-state index in [0.717, 1.165) is 12.5 Å². The van der Waals surface area contributed by atoms with Crippen LogP contribution in [0.25, 0.3) is 0 Å². The lowest BCUT2D eigenvalue weighted by atomic mass is 9.80. The Hall–Kier alpha value is -0.0400. The van der Waals surface area contributed by atoms with Gasteiger partial charge in [-0.2, -0.15) is 0 Å². The van der Waals surface area contributed by atoms with Crippen LogP contribution >= 0.6 is 0 Å². The van der Waals surface area contributed by atoms with Crippen LogP contribution < -0.4 is 0 Å². The summed E-state index contributed by atoms with van der Waals surface area (Å²) in [6.45, 7) is 12.8. The van der Waals surface area contributed by atoms with Crippen molar-refractivity contribution in [2.24, 2.45) is 5.92 Å². The van der Waals surface area contributed by atoms with Crippen LogP contribution in [0.1, 0.15) is 66.7 Å². The van der Waals surface area contributed by atoms with Crippen molar-refractivity contribution in [2.75, 3.05) is 13.6 Å². The fourth-order valence-electron chi connectivity index (χ4n) is 2.42. The second-order valence-electron chi connectivity index (χ2n) is 5.27. The minimum absolute atomic E-state index is 0.358. The standard InChI is InChI=1S/C14H31N/c1-7-10-11-12-13(8-2)14(4,5)15(6)9-3/h13H,7-12H2,1-6H3.